The Bertz CT molecular complexity index is 1470. The number of hydrogen-bond acceptors (Lipinski definition) is 3. The van der Waals surface area contributed by atoms with Crippen LogP contribution in [0.2, 0.25) is 5.02 Å². The predicted molar refractivity (Wildman–Crippen MR) is 141 cm³/mol. The number of benzene rings is 3. The number of ether oxygens (including phenoxy) is 1. The van der Waals surface area contributed by atoms with Crippen molar-refractivity contribution in [2.24, 2.45) is 0 Å². The van der Waals surface area contributed by atoms with Crippen molar-refractivity contribution in [3.05, 3.63) is 118 Å². The van der Waals surface area contributed by atoms with Crippen LogP contribution in [0.3, 0.4) is 0 Å². The molecule has 3 amide bonds. The van der Waals surface area contributed by atoms with Gasteiger partial charge in [0.05, 0.1) is 5.69 Å². The van der Waals surface area contributed by atoms with Crippen LogP contribution in [0.1, 0.15) is 22.5 Å². The molecule has 6 nitrogen and oxygen atoms in total. The van der Waals surface area contributed by atoms with Gasteiger partial charge in [-0.3, -0.25) is 4.79 Å². The SMILES string of the molecule is Cc1cc(/C=C2/NC(=O)N(c3cccc(Cl)c3)C2=O)c(C)n1-c1ccc(OCc2ccccc2)cc1. The Morgan fingerprint density at radius 2 is 1.64 bits per heavy atom. The summed E-state index contributed by atoms with van der Waals surface area (Å²) in [5, 5.41) is 3.13. The lowest BCUT2D eigenvalue weighted by Crippen LogP contribution is -2.30. The summed E-state index contributed by atoms with van der Waals surface area (Å²) in [6, 6.07) is 26.0. The first-order chi connectivity index (χ1) is 17.4. The molecule has 0 aliphatic carbocycles. The number of aryl methyl sites for hydroxylation is 1. The molecule has 0 unspecified atom stereocenters. The third-order valence-electron chi connectivity index (χ3n) is 6.06. The molecule has 0 radical (unpaired) electrons. The van der Waals surface area contributed by atoms with Crippen molar-refractivity contribution in [3.63, 3.8) is 0 Å². The summed E-state index contributed by atoms with van der Waals surface area (Å²) < 4.78 is 8.00. The van der Waals surface area contributed by atoms with E-state index in [-0.39, 0.29) is 5.70 Å². The second-order valence-corrected chi connectivity index (χ2v) is 8.98. The first-order valence-electron chi connectivity index (χ1n) is 11.5. The van der Waals surface area contributed by atoms with Gasteiger partial charge in [-0.2, -0.15) is 0 Å². The van der Waals surface area contributed by atoms with Gasteiger partial charge in [0.2, 0.25) is 0 Å². The molecule has 0 atom stereocenters. The first kappa shape index (κ1) is 23.5. The van der Waals surface area contributed by atoms with E-state index in [4.69, 9.17) is 16.3 Å². The summed E-state index contributed by atoms with van der Waals surface area (Å²) in [5.74, 6) is 0.361. The van der Waals surface area contributed by atoms with Gasteiger partial charge in [0.25, 0.3) is 5.91 Å². The summed E-state index contributed by atoms with van der Waals surface area (Å²) in [5.41, 5.74) is 5.51. The average molecular weight is 498 g/mol. The molecule has 180 valence electrons. The molecule has 1 aliphatic heterocycles. The fourth-order valence-corrected chi connectivity index (χ4v) is 4.49. The molecule has 3 aromatic carbocycles. The number of anilines is 1. The van der Waals surface area contributed by atoms with Gasteiger partial charge in [0.1, 0.15) is 18.1 Å². The summed E-state index contributed by atoms with van der Waals surface area (Å²) in [6.07, 6.45) is 1.71. The second-order valence-electron chi connectivity index (χ2n) is 8.54. The van der Waals surface area contributed by atoms with Crippen LogP contribution in [0.15, 0.2) is 90.6 Å². The number of aromatic nitrogens is 1. The fourth-order valence-electron chi connectivity index (χ4n) is 4.30. The topological polar surface area (TPSA) is 63.6 Å². The molecule has 0 saturated carbocycles. The summed E-state index contributed by atoms with van der Waals surface area (Å²) >= 11 is 6.04. The Kier molecular flexibility index (Phi) is 6.36. The lowest BCUT2D eigenvalue weighted by Gasteiger charge is -2.12. The molecular formula is C29H24ClN3O3. The van der Waals surface area contributed by atoms with Crippen molar-refractivity contribution >= 4 is 35.3 Å². The van der Waals surface area contributed by atoms with Crippen molar-refractivity contribution in [3.8, 4) is 11.4 Å². The van der Waals surface area contributed by atoms with E-state index < -0.39 is 11.9 Å². The molecule has 36 heavy (non-hydrogen) atoms. The average Bonchev–Trinajstić information content (AvgIpc) is 3.32. The molecule has 1 saturated heterocycles. The highest BCUT2D eigenvalue weighted by Crippen LogP contribution is 2.28. The molecule has 5 rings (SSSR count). The standard InChI is InChI=1S/C29H24ClN3O3/c1-19-15-22(16-27-28(34)33(29(35)31-27)25-10-6-9-23(30)17-25)20(2)32(19)24-11-13-26(14-12-24)36-18-21-7-4-3-5-8-21/h3-17H,18H2,1-2H3,(H,31,35)/b27-16+. The normalized spacial score (nSPS) is 14.4. The molecule has 1 aromatic heterocycles. The van der Waals surface area contributed by atoms with Crippen LogP contribution < -0.4 is 15.0 Å². The highest BCUT2D eigenvalue weighted by molar-refractivity contribution is 6.32. The maximum atomic E-state index is 13.0. The molecule has 7 heteroatoms. The number of carbonyl (C=O) groups excluding carboxylic acids is 2. The Hall–Kier alpha value is -4.29. The molecule has 1 fully saturated rings. The number of nitrogens with zero attached hydrogens (tertiary/aromatic N) is 2. The lowest BCUT2D eigenvalue weighted by atomic mass is 10.2. The molecule has 1 N–H and O–H groups in total. The number of rotatable bonds is 6. The monoisotopic (exact) mass is 497 g/mol. The maximum absolute atomic E-state index is 13.0. The van der Waals surface area contributed by atoms with Crippen LogP contribution in [0, 0.1) is 13.8 Å². The van der Waals surface area contributed by atoms with Crippen molar-refractivity contribution in [2.75, 3.05) is 4.90 Å². The zero-order chi connectivity index (χ0) is 25.2. The number of hydrogen-bond donors (Lipinski definition) is 1. The van der Waals surface area contributed by atoms with Gasteiger partial charge in [-0.1, -0.05) is 48.0 Å². The van der Waals surface area contributed by atoms with Crippen LogP contribution >= 0.6 is 11.6 Å². The highest BCUT2D eigenvalue weighted by atomic mass is 35.5. The smallest absolute Gasteiger partial charge is 0.333 e. The maximum Gasteiger partial charge on any atom is 0.333 e. The van der Waals surface area contributed by atoms with Gasteiger partial charge in [0, 0.05) is 22.1 Å². The zero-order valence-corrected chi connectivity index (χ0v) is 20.6. The summed E-state index contributed by atoms with van der Waals surface area (Å²) in [4.78, 5) is 26.6. The quantitative estimate of drug-likeness (QED) is 0.247. The number of halogens is 1. The van der Waals surface area contributed by atoms with Crippen molar-refractivity contribution in [1.29, 1.82) is 0 Å². The van der Waals surface area contributed by atoms with E-state index in [2.05, 4.69) is 9.88 Å². The number of carbonyl (C=O) groups is 2. The van der Waals surface area contributed by atoms with Crippen molar-refractivity contribution in [2.45, 2.75) is 20.5 Å². The summed E-state index contributed by atoms with van der Waals surface area (Å²) in [7, 11) is 0. The van der Waals surface area contributed by atoms with E-state index in [1.807, 2.05) is 74.5 Å². The highest BCUT2D eigenvalue weighted by Gasteiger charge is 2.35. The minimum Gasteiger partial charge on any atom is -0.489 e. The molecule has 0 bridgehead atoms. The van der Waals surface area contributed by atoms with Gasteiger partial charge in [-0.15, -0.1) is 0 Å². The van der Waals surface area contributed by atoms with Crippen LogP contribution in [0.25, 0.3) is 11.8 Å². The number of nitrogens with one attached hydrogen (secondary N) is 1. The molecular weight excluding hydrogens is 474 g/mol. The molecule has 2 heterocycles. The zero-order valence-electron chi connectivity index (χ0n) is 19.9. The van der Waals surface area contributed by atoms with E-state index in [9.17, 15) is 9.59 Å². The molecule has 0 spiro atoms. The van der Waals surface area contributed by atoms with E-state index in [0.717, 1.165) is 38.9 Å². The van der Waals surface area contributed by atoms with Crippen LogP contribution in [0.5, 0.6) is 5.75 Å². The molecule has 1 aliphatic rings. The third kappa shape index (κ3) is 4.63. The van der Waals surface area contributed by atoms with Crippen LogP contribution in [-0.2, 0) is 11.4 Å². The van der Waals surface area contributed by atoms with Gasteiger partial charge < -0.3 is 14.6 Å². The summed E-state index contributed by atoms with van der Waals surface area (Å²) in [6.45, 7) is 4.49. The largest absolute Gasteiger partial charge is 0.489 e. The molecule has 4 aromatic rings. The van der Waals surface area contributed by atoms with Gasteiger partial charge >= 0.3 is 6.03 Å². The predicted octanol–water partition coefficient (Wildman–Crippen LogP) is 6.42. The Labute approximate surface area is 214 Å². The van der Waals surface area contributed by atoms with E-state index >= 15 is 0 Å². The minimum atomic E-state index is -0.506. The van der Waals surface area contributed by atoms with Gasteiger partial charge in [-0.25, -0.2) is 9.69 Å². The Morgan fingerprint density at radius 3 is 2.36 bits per heavy atom. The van der Waals surface area contributed by atoms with E-state index in [0.29, 0.717) is 17.3 Å². The lowest BCUT2D eigenvalue weighted by molar-refractivity contribution is -0.113. The van der Waals surface area contributed by atoms with Crippen LogP contribution in [0.4, 0.5) is 10.5 Å². The number of imide groups is 1. The van der Waals surface area contributed by atoms with Gasteiger partial charge in [-0.05, 0) is 79.6 Å². The van der Waals surface area contributed by atoms with E-state index in [1.165, 1.54) is 0 Å². The van der Waals surface area contributed by atoms with Crippen molar-refractivity contribution in [1.82, 2.24) is 9.88 Å². The Balaban J connectivity index is 1.36. The Morgan fingerprint density at radius 1 is 0.889 bits per heavy atom. The fraction of sp³-hybridized carbons (Fsp3) is 0.103. The van der Waals surface area contributed by atoms with E-state index in [1.54, 1.807) is 30.3 Å². The number of urea groups is 1. The third-order valence-corrected chi connectivity index (χ3v) is 6.29. The first-order valence-corrected chi connectivity index (χ1v) is 11.9. The van der Waals surface area contributed by atoms with Crippen molar-refractivity contribution < 1.29 is 14.3 Å². The number of amides is 3. The minimum absolute atomic E-state index is 0.213. The second kappa shape index (κ2) is 9.76. The van der Waals surface area contributed by atoms with Gasteiger partial charge in [0.15, 0.2) is 0 Å². The van der Waals surface area contributed by atoms with Crippen LogP contribution in [-0.4, -0.2) is 16.5 Å².